The van der Waals surface area contributed by atoms with Crippen LogP contribution >= 0.6 is 0 Å². The van der Waals surface area contributed by atoms with Crippen molar-refractivity contribution in [3.63, 3.8) is 0 Å². The molecule has 20 heavy (non-hydrogen) atoms. The summed E-state index contributed by atoms with van der Waals surface area (Å²) in [5.41, 5.74) is 0. The lowest BCUT2D eigenvalue weighted by atomic mass is 10.1. The number of aromatic nitrogens is 1. The Morgan fingerprint density at radius 1 is 1.55 bits per heavy atom. The summed E-state index contributed by atoms with van der Waals surface area (Å²) in [5.74, 6) is 1.29. The maximum atomic E-state index is 12.6. The van der Waals surface area contributed by atoms with E-state index in [1.165, 1.54) is 12.8 Å². The largest absolute Gasteiger partial charge is 0.479 e. The van der Waals surface area contributed by atoms with E-state index in [2.05, 4.69) is 4.98 Å². The highest BCUT2D eigenvalue weighted by Crippen LogP contribution is 2.36. The molecule has 1 aliphatic carbocycles. The number of amides is 1. The molecule has 1 aliphatic heterocycles. The standard InChI is InChI=1S/C15H20N2O3/c1-11(20-13-3-2-6-16-9-13)15(18)17-7-8-19-10-14(17)12-4-5-12/h2-3,6,9,11-12,14H,4-5,7-8,10H2,1H3/t11-,14-/m0/s1. The number of hydrogen-bond acceptors (Lipinski definition) is 4. The number of nitrogens with zero attached hydrogens (tertiary/aromatic N) is 2. The zero-order valence-corrected chi connectivity index (χ0v) is 11.7. The van der Waals surface area contributed by atoms with Crippen LogP contribution in [-0.2, 0) is 9.53 Å². The highest BCUT2D eigenvalue weighted by atomic mass is 16.5. The van der Waals surface area contributed by atoms with Crippen LogP contribution in [0.3, 0.4) is 0 Å². The van der Waals surface area contributed by atoms with Crippen molar-refractivity contribution in [3.05, 3.63) is 24.5 Å². The third kappa shape index (κ3) is 2.93. The predicted molar refractivity (Wildman–Crippen MR) is 73.4 cm³/mol. The number of pyridine rings is 1. The van der Waals surface area contributed by atoms with Gasteiger partial charge in [-0.25, -0.2) is 0 Å². The van der Waals surface area contributed by atoms with Crippen molar-refractivity contribution in [2.45, 2.75) is 31.9 Å². The first-order chi connectivity index (χ1) is 9.75. The van der Waals surface area contributed by atoms with Gasteiger partial charge in [0.05, 0.1) is 25.5 Å². The van der Waals surface area contributed by atoms with Gasteiger partial charge < -0.3 is 14.4 Å². The Kier molecular flexibility index (Phi) is 3.87. The van der Waals surface area contributed by atoms with Gasteiger partial charge in [0.25, 0.3) is 5.91 Å². The number of carbonyl (C=O) groups is 1. The summed E-state index contributed by atoms with van der Waals surface area (Å²) < 4.78 is 11.2. The number of hydrogen-bond donors (Lipinski definition) is 0. The Morgan fingerprint density at radius 3 is 3.10 bits per heavy atom. The molecular formula is C15H20N2O3. The van der Waals surface area contributed by atoms with Gasteiger partial charge in [-0.1, -0.05) is 0 Å². The molecule has 0 radical (unpaired) electrons. The number of ether oxygens (including phenoxy) is 2. The van der Waals surface area contributed by atoms with Crippen molar-refractivity contribution in [1.82, 2.24) is 9.88 Å². The molecule has 108 valence electrons. The van der Waals surface area contributed by atoms with E-state index in [1.54, 1.807) is 25.4 Å². The first-order valence-corrected chi connectivity index (χ1v) is 7.20. The zero-order valence-electron chi connectivity index (χ0n) is 11.7. The fraction of sp³-hybridized carbons (Fsp3) is 0.600. The molecule has 2 aliphatic rings. The van der Waals surface area contributed by atoms with Gasteiger partial charge >= 0.3 is 0 Å². The van der Waals surface area contributed by atoms with Gasteiger partial charge in [-0.2, -0.15) is 0 Å². The Bertz CT molecular complexity index is 461. The Hall–Kier alpha value is -1.62. The lowest BCUT2D eigenvalue weighted by Gasteiger charge is -2.37. The van der Waals surface area contributed by atoms with E-state index >= 15 is 0 Å². The van der Waals surface area contributed by atoms with Crippen LogP contribution < -0.4 is 4.74 Å². The minimum atomic E-state index is -0.487. The summed E-state index contributed by atoms with van der Waals surface area (Å²) in [4.78, 5) is 18.5. The van der Waals surface area contributed by atoms with Gasteiger partial charge in [0.2, 0.25) is 0 Å². The quantitative estimate of drug-likeness (QED) is 0.836. The Morgan fingerprint density at radius 2 is 2.40 bits per heavy atom. The molecule has 0 N–H and O–H groups in total. The van der Waals surface area contributed by atoms with Gasteiger partial charge in [0.1, 0.15) is 5.75 Å². The molecule has 0 aromatic carbocycles. The summed E-state index contributed by atoms with van der Waals surface area (Å²) in [6, 6.07) is 3.85. The maximum absolute atomic E-state index is 12.6. The Labute approximate surface area is 118 Å². The fourth-order valence-corrected chi connectivity index (χ4v) is 2.67. The smallest absolute Gasteiger partial charge is 0.263 e. The highest BCUT2D eigenvalue weighted by molar-refractivity contribution is 5.81. The van der Waals surface area contributed by atoms with E-state index in [1.807, 2.05) is 11.0 Å². The molecule has 1 saturated heterocycles. The highest BCUT2D eigenvalue weighted by Gasteiger charge is 2.40. The zero-order chi connectivity index (χ0) is 13.9. The van der Waals surface area contributed by atoms with Crippen molar-refractivity contribution in [2.24, 2.45) is 5.92 Å². The van der Waals surface area contributed by atoms with E-state index in [-0.39, 0.29) is 11.9 Å². The lowest BCUT2D eigenvalue weighted by molar-refractivity contribution is -0.147. The Balaban J connectivity index is 1.64. The van der Waals surface area contributed by atoms with Crippen molar-refractivity contribution >= 4 is 5.91 Å². The van der Waals surface area contributed by atoms with Crippen LogP contribution in [0.15, 0.2) is 24.5 Å². The topological polar surface area (TPSA) is 51.7 Å². The van der Waals surface area contributed by atoms with Crippen LogP contribution in [0.2, 0.25) is 0 Å². The third-order valence-electron chi connectivity index (χ3n) is 3.91. The number of carbonyl (C=O) groups excluding carboxylic acids is 1. The van der Waals surface area contributed by atoms with Crippen LogP contribution in [-0.4, -0.2) is 47.7 Å². The molecule has 5 heteroatoms. The first kappa shape index (κ1) is 13.4. The van der Waals surface area contributed by atoms with Crippen LogP contribution in [0.4, 0.5) is 0 Å². The molecule has 2 atom stereocenters. The van der Waals surface area contributed by atoms with Crippen molar-refractivity contribution in [3.8, 4) is 5.75 Å². The van der Waals surface area contributed by atoms with Crippen LogP contribution in [0.1, 0.15) is 19.8 Å². The molecule has 1 aromatic rings. The van der Waals surface area contributed by atoms with Crippen LogP contribution in [0.5, 0.6) is 5.75 Å². The molecule has 2 fully saturated rings. The molecule has 3 rings (SSSR count). The van der Waals surface area contributed by atoms with Gasteiger partial charge in [0, 0.05) is 12.7 Å². The molecule has 1 aromatic heterocycles. The second-order valence-electron chi connectivity index (χ2n) is 5.46. The van der Waals surface area contributed by atoms with E-state index in [0.29, 0.717) is 31.4 Å². The van der Waals surface area contributed by atoms with Crippen molar-refractivity contribution < 1.29 is 14.3 Å². The molecule has 5 nitrogen and oxygen atoms in total. The van der Waals surface area contributed by atoms with Crippen molar-refractivity contribution in [1.29, 1.82) is 0 Å². The molecule has 2 heterocycles. The summed E-state index contributed by atoms with van der Waals surface area (Å²) in [5, 5.41) is 0. The second kappa shape index (κ2) is 5.79. The number of rotatable bonds is 4. The van der Waals surface area contributed by atoms with Gasteiger partial charge in [0.15, 0.2) is 6.10 Å². The van der Waals surface area contributed by atoms with Gasteiger partial charge in [-0.3, -0.25) is 9.78 Å². The third-order valence-corrected chi connectivity index (χ3v) is 3.91. The lowest BCUT2D eigenvalue weighted by Crippen LogP contribution is -2.53. The summed E-state index contributed by atoms with van der Waals surface area (Å²) in [6.45, 7) is 3.75. The van der Waals surface area contributed by atoms with Crippen molar-refractivity contribution in [2.75, 3.05) is 19.8 Å². The van der Waals surface area contributed by atoms with Crippen LogP contribution in [0.25, 0.3) is 0 Å². The molecule has 1 saturated carbocycles. The number of morpholine rings is 1. The first-order valence-electron chi connectivity index (χ1n) is 7.20. The van der Waals surface area contributed by atoms with E-state index in [4.69, 9.17) is 9.47 Å². The summed E-state index contributed by atoms with van der Waals surface area (Å²) in [6.07, 6.45) is 5.23. The molecule has 0 bridgehead atoms. The molecular weight excluding hydrogens is 256 g/mol. The predicted octanol–water partition coefficient (Wildman–Crippen LogP) is 1.49. The minimum Gasteiger partial charge on any atom is -0.479 e. The van der Waals surface area contributed by atoms with E-state index in [0.717, 1.165) is 0 Å². The average molecular weight is 276 g/mol. The van der Waals surface area contributed by atoms with E-state index < -0.39 is 6.10 Å². The maximum Gasteiger partial charge on any atom is 0.263 e. The minimum absolute atomic E-state index is 0.0500. The molecule has 0 spiro atoms. The average Bonchev–Trinajstić information content (AvgIpc) is 3.32. The second-order valence-corrected chi connectivity index (χ2v) is 5.46. The summed E-state index contributed by atoms with van der Waals surface area (Å²) >= 11 is 0. The van der Waals surface area contributed by atoms with Gasteiger partial charge in [-0.15, -0.1) is 0 Å². The SMILES string of the molecule is C[C@H](Oc1cccnc1)C(=O)N1CCOC[C@H]1C1CC1. The molecule has 1 amide bonds. The van der Waals surface area contributed by atoms with Crippen LogP contribution in [0, 0.1) is 5.92 Å². The normalized spacial score (nSPS) is 24.2. The summed E-state index contributed by atoms with van der Waals surface area (Å²) in [7, 11) is 0. The van der Waals surface area contributed by atoms with Gasteiger partial charge in [-0.05, 0) is 37.8 Å². The molecule has 0 unspecified atom stereocenters. The van der Waals surface area contributed by atoms with E-state index in [9.17, 15) is 4.79 Å². The monoisotopic (exact) mass is 276 g/mol. The fourth-order valence-electron chi connectivity index (χ4n) is 2.67.